The molecule has 1 aliphatic rings. The standard InChI is InChI=1S/C15H13NOS/c16-13-5-6-14-12(8-13)4-3-11-2-1-10(9-17)7-15(11)18-14/h1-8,17H,9,16H2. The van der Waals surface area contributed by atoms with Crippen LogP contribution in [0.25, 0.3) is 12.2 Å². The fourth-order valence-electron chi connectivity index (χ4n) is 1.99. The highest BCUT2D eigenvalue weighted by molar-refractivity contribution is 7.99. The largest absolute Gasteiger partial charge is 0.399 e. The van der Waals surface area contributed by atoms with Crippen molar-refractivity contribution in [3.63, 3.8) is 0 Å². The number of aliphatic hydroxyl groups excluding tert-OH is 1. The molecule has 3 heteroatoms. The highest BCUT2D eigenvalue weighted by Crippen LogP contribution is 2.38. The first kappa shape index (κ1) is 11.4. The van der Waals surface area contributed by atoms with E-state index in [1.807, 2.05) is 36.4 Å². The molecule has 2 aromatic rings. The molecule has 0 unspecified atom stereocenters. The smallest absolute Gasteiger partial charge is 0.0682 e. The van der Waals surface area contributed by atoms with Gasteiger partial charge in [0.2, 0.25) is 0 Å². The molecule has 0 bridgehead atoms. The zero-order valence-electron chi connectivity index (χ0n) is 9.76. The minimum Gasteiger partial charge on any atom is -0.399 e. The van der Waals surface area contributed by atoms with Crippen LogP contribution in [0.15, 0.2) is 46.2 Å². The van der Waals surface area contributed by atoms with Crippen molar-refractivity contribution in [1.29, 1.82) is 0 Å². The van der Waals surface area contributed by atoms with Crippen LogP contribution < -0.4 is 5.73 Å². The van der Waals surface area contributed by atoms with Gasteiger partial charge < -0.3 is 10.8 Å². The molecule has 3 rings (SSSR count). The molecule has 3 N–H and O–H groups in total. The van der Waals surface area contributed by atoms with Crippen molar-refractivity contribution >= 4 is 29.6 Å². The number of fused-ring (bicyclic) bond motifs is 2. The third-order valence-electron chi connectivity index (χ3n) is 2.96. The van der Waals surface area contributed by atoms with Gasteiger partial charge in [0.05, 0.1) is 6.61 Å². The minimum atomic E-state index is 0.0755. The summed E-state index contributed by atoms with van der Waals surface area (Å²) in [5.41, 5.74) is 9.84. The van der Waals surface area contributed by atoms with Crippen LogP contribution in [0.5, 0.6) is 0 Å². The molecule has 0 saturated heterocycles. The van der Waals surface area contributed by atoms with Crippen LogP contribution in [0.1, 0.15) is 16.7 Å². The SMILES string of the molecule is Nc1ccc2c(c1)C=Cc1ccc(CO)cc1S2. The molecule has 0 amide bonds. The lowest BCUT2D eigenvalue weighted by Gasteiger charge is -2.07. The second kappa shape index (κ2) is 4.52. The molecule has 90 valence electrons. The summed E-state index contributed by atoms with van der Waals surface area (Å²) >= 11 is 1.71. The Morgan fingerprint density at radius 1 is 0.944 bits per heavy atom. The average Bonchev–Trinajstić information content (AvgIpc) is 2.56. The van der Waals surface area contributed by atoms with Gasteiger partial charge in [0.25, 0.3) is 0 Å². The Hall–Kier alpha value is -1.71. The van der Waals surface area contributed by atoms with Crippen molar-refractivity contribution in [2.45, 2.75) is 16.4 Å². The molecular weight excluding hydrogens is 242 g/mol. The van der Waals surface area contributed by atoms with E-state index in [0.29, 0.717) is 0 Å². The van der Waals surface area contributed by atoms with Gasteiger partial charge in [0, 0.05) is 15.5 Å². The third kappa shape index (κ3) is 2.03. The molecular formula is C15H13NOS. The van der Waals surface area contributed by atoms with Gasteiger partial charge in [-0.2, -0.15) is 0 Å². The average molecular weight is 255 g/mol. The molecule has 18 heavy (non-hydrogen) atoms. The molecule has 0 fully saturated rings. The number of anilines is 1. The maximum absolute atomic E-state index is 9.20. The second-order valence-corrected chi connectivity index (χ2v) is 5.35. The number of benzene rings is 2. The Morgan fingerprint density at radius 2 is 1.78 bits per heavy atom. The number of hydrogen-bond donors (Lipinski definition) is 2. The lowest BCUT2D eigenvalue weighted by Crippen LogP contribution is -1.87. The van der Waals surface area contributed by atoms with Gasteiger partial charge in [-0.25, -0.2) is 0 Å². The Balaban J connectivity index is 2.11. The number of aliphatic hydroxyl groups is 1. The third-order valence-corrected chi connectivity index (χ3v) is 4.12. The zero-order valence-corrected chi connectivity index (χ0v) is 10.6. The second-order valence-electron chi connectivity index (χ2n) is 4.26. The van der Waals surface area contributed by atoms with Gasteiger partial charge in [0.1, 0.15) is 0 Å². The van der Waals surface area contributed by atoms with Crippen LogP contribution in [0, 0.1) is 0 Å². The van der Waals surface area contributed by atoms with Crippen LogP contribution in [0.2, 0.25) is 0 Å². The molecule has 2 nitrogen and oxygen atoms in total. The van der Waals surface area contributed by atoms with Gasteiger partial charge in [-0.15, -0.1) is 0 Å². The van der Waals surface area contributed by atoms with Crippen LogP contribution in [-0.4, -0.2) is 5.11 Å². The molecule has 0 spiro atoms. The topological polar surface area (TPSA) is 46.2 Å². The van der Waals surface area contributed by atoms with Crippen molar-refractivity contribution < 1.29 is 5.11 Å². The first-order valence-electron chi connectivity index (χ1n) is 5.75. The zero-order chi connectivity index (χ0) is 12.5. The first-order valence-corrected chi connectivity index (χ1v) is 6.57. The van der Waals surface area contributed by atoms with Crippen LogP contribution in [-0.2, 0) is 6.61 Å². The number of hydrogen-bond acceptors (Lipinski definition) is 3. The van der Waals surface area contributed by atoms with E-state index < -0.39 is 0 Å². The summed E-state index contributed by atoms with van der Waals surface area (Å²) in [5.74, 6) is 0. The number of rotatable bonds is 1. The van der Waals surface area contributed by atoms with E-state index in [1.54, 1.807) is 11.8 Å². The van der Waals surface area contributed by atoms with Gasteiger partial charge in [-0.1, -0.05) is 36.0 Å². The fraction of sp³-hybridized carbons (Fsp3) is 0.0667. The van der Waals surface area contributed by atoms with Crippen molar-refractivity contribution in [3.8, 4) is 0 Å². The highest BCUT2D eigenvalue weighted by atomic mass is 32.2. The van der Waals surface area contributed by atoms with Crippen molar-refractivity contribution in [2.75, 3.05) is 5.73 Å². The van der Waals surface area contributed by atoms with Crippen LogP contribution in [0.3, 0.4) is 0 Å². The van der Waals surface area contributed by atoms with E-state index in [-0.39, 0.29) is 6.61 Å². The highest BCUT2D eigenvalue weighted by Gasteiger charge is 2.10. The summed E-state index contributed by atoms with van der Waals surface area (Å²) in [6.07, 6.45) is 4.18. The fourth-order valence-corrected chi connectivity index (χ4v) is 3.07. The van der Waals surface area contributed by atoms with E-state index in [1.165, 1.54) is 15.4 Å². The maximum atomic E-state index is 9.20. The molecule has 0 saturated carbocycles. The van der Waals surface area contributed by atoms with Crippen molar-refractivity contribution in [3.05, 3.63) is 53.1 Å². The first-order chi connectivity index (χ1) is 8.76. The summed E-state index contributed by atoms with van der Waals surface area (Å²) in [6.45, 7) is 0.0755. The van der Waals surface area contributed by atoms with E-state index in [0.717, 1.165) is 16.8 Å². The Labute approximate surface area is 110 Å². The van der Waals surface area contributed by atoms with Gasteiger partial charge >= 0.3 is 0 Å². The monoisotopic (exact) mass is 255 g/mol. The van der Waals surface area contributed by atoms with E-state index in [9.17, 15) is 5.11 Å². The molecule has 0 aliphatic carbocycles. The summed E-state index contributed by atoms with van der Waals surface area (Å²) in [7, 11) is 0. The minimum absolute atomic E-state index is 0.0755. The van der Waals surface area contributed by atoms with Gasteiger partial charge in [-0.05, 0) is 41.0 Å². The van der Waals surface area contributed by atoms with Crippen molar-refractivity contribution in [1.82, 2.24) is 0 Å². The predicted molar refractivity (Wildman–Crippen MR) is 76.3 cm³/mol. The van der Waals surface area contributed by atoms with E-state index in [4.69, 9.17) is 5.73 Å². The number of nitrogens with two attached hydrogens (primary N) is 1. The quantitative estimate of drug-likeness (QED) is 0.655. The van der Waals surface area contributed by atoms with Crippen molar-refractivity contribution in [2.24, 2.45) is 0 Å². The van der Waals surface area contributed by atoms with E-state index >= 15 is 0 Å². The van der Waals surface area contributed by atoms with Crippen LogP contribution in [0.4, 0.5) is 5.69 Å². The number of nitrogen functional groups attached to an aromatic ring is 1. The maximum Gasteiger partial charge on any atom is 0.0682 e. The summed E-state index contributed by atoms with van der Waals surface area (Å²) in [5, 5.41) is 9.20. The van der Waals surface area contributed by atoms with Crippen LogP contribution >= 0.6 is 11.8 Å². The molecule has 0 aromatic heterocycles. The molecule has 1 heterocycles. The van der Waals surface area contributed by atoms with E-state index in [2.05, 4.69) is 12.2 Å². The lowest BCUT2D eigenvalue weighted by atomic mass is 10.1. The molecule has 0 atom stereocenters. The molecule has 1 aliphatic heterocycles. The summed E-state index contributed by atoms with van der Waals surface area (Å²) < 4.78 is 0. The Morgan fingerprint density at radius 3 is 2.61 bits per heavy atom. The molecule has 2 aromatic carbocycles. The Kier molecular flexibility index (Phi) is 2.86. The summed E-state index contributed by atoms with van der Waals surface area (Å²) in [4.78, 5) is 2.36. The lowest BCUT2D eigenvalue weighted by molar-refractivity contribution is 0.281. The predicted octanol–water partition coefficient (Wildman–Crippen LogP) is 3.40. The van der Waals surface area contributed by atoms with Gasteiger partial charge in [-0.3, -0.25) is 0 Å². The summed E-state index contributed by atoms with van der Waals surface area (Å²) in [6, 6.07) is 12.0. The molecule has 0 radical (unpaired) electrons. The normalized spacial score (nSPS) is 12.7. The Bertz CT molecular complexity index is 634. The van der Waals surface area contributed by atoms with Gasteiger partial charge in [0.15, 0.2) is 0 Å².